The maximum Gasteiger partial charge on any atom is 0.416 e. The number of ether oxygens (including phenoxy) is 2. The number of carbonyl (C=O) groups excluding carboxylic acids is 1. The molecule has 0 saturated heterocycles. The number of alkyl halides is 3. The minimum atomic E-state index is -4.49. The second-order valence-corrected chi connectivity index (χ2v) is 3.93. The van der Waals surface area contributed by atoms with Crippen LogP contribution in [0.5, 0.6) is 5.95 Å². The Morgan fingerprint density at radius 3 is 2.57 bits per heavy atom. The van der Waals surface area contributed by atoms with Crippen molar-refractivity contribution in [2.45, 2.75) is 6.18 Å². The molecule has 8 heteroatoms. The van der Waals surface area contributed by atoms with E-state index >= 15 is 0 Å². The van der Waals surface area contributed by atoms with Gasteiger partial charge < -0.3 is 13.9 Å². The largest absolute Gasteiger partial charge is 0.467 e. The van der Waals surface area contributed by atoms with Gasteiger partial charge in [0.2, 0.25) is 11.6 Å². The predicted molar refractivity (Wildman–Crippen MR) is 64.8 cm³/mol. The number of esters is 1. The molecule has 0 fully saturated rings. The average molecular weight is 301 g/mol. The average Bonchev–Trinajstić information content (AvgIpc) is 2.90. The van der Waals surface area contributed by atoms with Crippen molar-refractivity contribution in [3.63, 3.8) is 0 Å². The second kappa shape index (κ2) is 5.47. The van der Waals surface area contributed by atoms with E-state index in [2.05, 4.69) is 9.72 Å². The smallest absolute Gasteiger partial charge is 0.416 e. The summed E-state index contributed by atoms with van der Waals surface area (Å²) in [5.74, 6) is -1.21. The third kappa shape index (κ3) is 2.99. The van der Waals surface area contributed by atoms with E-state index in [9.17, 15) is 18.0 Å². The Hall–Kier alpha value is -2.51. The zero-order valence-corrected chi connectivity index (χ0v) is 11.0. The molecule has 2 aromatic rings. The van der Waals surface area contributed by atoms with Crippen LogP contribution in [0.2, 0.25) is 0 Å². The van der Waals surface area contributed by atoms with E-state index in [1.807, 2.05) is 0 Å². The van der Waals surface area contributed by atoms with E-state index in [1.165, 1.54) is 19.2 Å². The fraction of sp³-hybridized carbons (Fsp3) is 0.231. The lowest BCUT2D eigenvalue weighted by molar-refractivity contribution is -0.137. The number of oxazole rings is 1. The molecule has 0 bridgehead atoms. The molecule has 0 N–H and O–H groups in total. The number of hydrogen-bond acceptors (Lipinski definition) is 5. The Balaban J connectivity index is 2.48. The van der Waals surface area contributed by atoms with Crippen molar-refractivity contribution < 1.29 is 31.9 Å². The van der Waals surface area contributed by atoms with E-state index in [4.69, 9.17) is 9.15 Å². The first-order chi connectivity index (χ1) is 9.86. The molecule has 1 aromatic heterocycles. The zero-order valence-electron chi connectivity index (χ0n) is 11.0. The number of benzene rings is 1. The first kappa shape index (κ1) is 14.9. The maximum atomic E-state index is 12.7. The van der Waals surface area contributed by atoms with Gasteiger partial charge in [-0.3, -0.25) is 0 Å². The number of halogens is 3. The number of rotatable bonds is 3. The third-order valence-corrected chi connectivity index (χ3v) is 2.60. The summed E-state index contributed by atoms with van der Waals surface area (Å²) in [6, 6.07) is 4.38. The molecule has 0 aliphatic heterocycles. The monoisotopic (exact) mass is 301 g/mol. The number of nitrogens with zero attached hydrogens (tertiary/aromatic N) is 1. The van der Waals surface area contributed by atoms with E-state index in [-0.39, 0.29) is 23.1 Å². The molecule has 0 amide bonds. The fourth-order valence-electron chi connectivity index (χ4n) is 1.62. The van der Waals surface area contributed by atoms with Gasteiger partial charge in [-0.15, -0.1) is 0 Å². The molecule has 2 rings (SSSR count). The van der Waals surface area contributed by atoms with Crippen molar-refractivity contribution in [2.24, 2.45) is 0 Å². The molecule has 0 atom stereocenters. The highest BCUT2D eigenvalue weighted by molar-refractivity contribution is 5.90. The standard InChI is InChI=1S/C13H10F3NO4/c1-19-11(18)9-12(20-2)21-10(17-9)7-4-3-5-8(6-7)13(14,15)16/h3-6H,1-2H3. The SMILES string of the molecule is COC(=O)c1nc(-c2cccc(C(F)(F)F)c2)oc1OC. The van der Waals surface area contributed by atoms with Gasteiger partial charge in [-0.2, -0.15) is 18.2 Å². The van der Waals surface area contributed by atoms with Crippen LogP contribution in [0.3, 0.4) is 0 Å². The summed E-state index contributed by atoms with van der Waals surface area (Å²) < 4.78 is 52.4. The topological polar surface area (TPSA) is 61.6 Å². The van der Waals surface area contributed by atoms with Gasteiger partial charge in [-0.05, 0) is 18.2 Å². The summed E-state index contributed by atoms with van der Waals surface area (Å²) >= 11 is 0. The lowest BCUT2D eigenvalue weighted by Gasteiger charge is -2.06. The Bertz CT molecular complexity index is 664. The summed E-state index contributed by atoms with van der Waals surface area (Å²) in [6.45, 7) is 0. The van der Waals surface area contributed by atoms with Gasteiger partial charge in [0.05, 0.1) is 19.8 Å². The van der Waals surface area contributed by atoms with Crippen molar-refractivity contribution >= 4 is 5.97 Å². The second-order valence-electron chi connectivity index (χ2n) is 3.93. The van der Waals surface area contributed by atoms with Crippen molar-refractivity contribution in [3.05, 3.63) is 35.5 Å². The molecule has 112 valence electrons. The first-order valence-electron chi connectivity index (χ1n) is 5.67. The van der Waals surface area contributed by atoms with E-state index < -0.39 is 17.7 Å². The molecule has 0 radical (unpaired) electrons. The lowest BCUT2D eigenvalue weighted by atomic mass is 10.1. The first-order valence-corrected chi connectivity index (χ1v) is 5.67. The van der Waals surface area contributed by atoms with Gasteiger partial charge in [0.1, 0.15) is 0 Å². The summed E-state index contributed by atoms with van der Waals surface area (Å²) in [6.07, 6.45) is -4.49. The van der Waals surface area contributed by atoms with Crippen LogP contribution in [-0.4, -0.2) is 25.2 Å². The van der Waals surface area contributed by atoms with Gasteiger partial charge in [-0.1, -0.05) is 6.07 Å². The van der Waals surface area contributed by atoms with Crippen LogP contribution in [0.4, 0.5) is 13.2 Å². The molecule has 1 aromatic carbocycles. The molecule has 0 unspecified atom stereocenters. The summed E-state index contributed by atoms with van der Waals surface area (Å²) in [5, 5.41) is 0. The van der Waals surface area contributed by atoms with Crippen LogP contribution in [0.1, 0.15) is 16.1 Å². The molecular formula is C13H10F3NO4. The van der Waals surface area contributed by atoms with Gasteiger partial charge >= 0.3 is 18.1 Å². The quantitative estimate of drug-likeness (QED) is 0.815. The summed E-state index contributed by atoms with van der Waals surface area (Å²) in [7, 11) is 2.38. The highest BCUT2D eigenvalue weighted by Gasteiger charge is 2.31. The van der Waals surface area contributed by atoms with Gasteiger partial charge in [0.25, 0.3) is 0 Å². The third-order valence-electron chi connectivity index (χ3n) is 2.60. The van der Waals surface area contributed by atoms with Crippen molar-refractivity contribution in [1.29, 1.82) is 0 Å². The molecule has 0 aliphatic rings. The molecule has 0 aliphatic carbocycles. The summed E-state index contributed by atoms with van der Waals surface area (Å²) in [5.41, 5.74) is -1.03. The van der Waals surface area contributed by atoms with Gasteiger partial charge in [-0.25, -0.2) is 4.79 Å². The van der Waals surface area contributed by atoms with Crippen LogP contribution >= 0.6 is 0 Å². The van der Waals surface area contributed by atoms with Crippen LogP contribution in [0.25, 0.3) is 11.5 Å². The van der Waals surface area contributed by atoms with Crippen molar-refractivity contribution in [1.82, 2.24) is 4.98 Å². The number of aromatic nitrogens is 1. The highest BCUT2D eigenvalue weighted by Crippen LogP contribution is 2.33. The van der Waals surface area contributed by atoms with Crippen LogP contribution in [0, 0.1) is 0 Å². The normalized spacial score (nSPS) is 11.3. The van der Waals surface area contributed by atoms with E-state index in [0.29, 0.717) is 0 Å². The van der Waals surface area contributed by atoms with Crippen molar-refractivity contribution in [3.8, 4) is 17.4 Å². The minimum absolute atomic E-state index is 0.0679. The Morgan fingerprint density at radius 2 is 2.00 bits per heavy atom. The van der Waals surface area contributed by atoms with Gasteiger partial charge in [0, 0.05) is 5.56 Å². The molecule has 0 saturated carbocycles. The Labute approximate surface area is 117 Å². The Morgan fingerprint density at radius 1 is 1.29 bits per heavy atom. The Kier molecular flexibility index (Phi) is 3.88. The summed E-state index contributed by atoms with van der Waals surface area (Å²) in [4.78, 5) is 15.3. The van der Waals surface area contributed by atoms with Crippen molar-refractivity contribution in [2.75, 3.05) is 14.2 Å². The van der Waals surface area contributed by atoms with Crippen LogP contribution < -0.4 is 4.74 Å². The fourth-order valence-corrected chi connectivity index (χ4v) is 1.62. The molecule has 5 nitrogen and oxygen atoms in total. The molecule has 1 heterocycles. The number of methoxy groups -OCH3 is 2. The highest BCUT2D eigenvalue weighted by atomic mass is 19.4. The van der Waals surface area contributed by atoms with Crippen LogP contribution in [0.15, 0.2) is 28.7 Å². The minimum Gasteiger partial charge on any atom is -0.467 e. The number of carbonyl (C=O) groups is 1. The molecular weight excluding hydrogens is 291 g/mol. The van der Waals surface area contributed by atoms with E-state index in [0.717, 1.165) is 19.2 Å². The van der Waals surface area contributed by atoms with E-state index in [1.54, 1.807) is 0 Å². The molecule has 21 heavy (non-hydrogen) atoms. The zero-order chi connectivity index (χ0) is 15.6. The maximum absolute atomic E-state index is 12.7. The predicted octanol–water partition coefficient (Wildman–Crippen LogP) is 3.16. The lowest BCUT2D eigenvalue weighted by Crippen LogP contribution is -2.05. The van der Waals surface area contributed by atoms with Gasteiger partial charge in [0.15, 0.2) is 0 Å². The molecule has 0 spiro atoms. The number of hydrogen-bond donors (Lipinski definition) is 0. The van der Waals surface area contributed by atoms with Crippen LogP contribution in [-0.2, 0) is 10.9 Å².